The molecule has 0 radical (unpaired) electrons. The molecule has 1 aliphatic rings. The molecule has 1 unspecified atom stereocenters. The SMILES string of the molecule is CCOCCOC(C)C(=O)N(CC(=O)O)C1CCN(S(=O)(=O)CC)CC1. The van der Waals surface area contributed by atoms with Gasteiger partial charge in [0, 0.05) is 25.7 Å². The van der Waals surface area contributed by atoms with Gasteiger partial charge in [0.2, 0.25) is 10.0 Å². The normalized spacial score (nSPS) is 17.8. The number of hydrogen-bond acceptors (Lipinski definition) is 6. The zero-order valence-electron chi connectivity index (χ0n) is 15.7. The molecule has 26 heavy (non-hydrogen) atoms. The summed E-state index contributed by atoms with van der Waals surface area (Å²) in [6, 6.07) is -0.320. The Morgan fingerprint density at radius 2 is 1.85 bits per heavy atom. The standard InChI is InChI=1S/C16H30N2O7S/c1-4-24-10-11-25-13(3)16(21)18(12-15(19)20)14-6-8-17(9-7-14)26(22,23)5-2/h13-14H,4-12H2,1-3H3,(H,19,20). The monoisotopic (exact) mass is 394 g/mol. The molecule has 0 aromatic carbocycles. The van der Waals surface area contributed by atoms with Crippen molar-refractivity contribution in [1.29, 1.82) is 0 Å². The third-order valence-electron chi connectivity index (χ3n) is 4.36. The Kier molecular flexibility index (Phi) is 9.48. The molecule has 0 saturated carbocycles. The molecular weight excluding hydrogens is 364 g/mol. The van der Waals surface area contributed by atoms with Gasteiger partial charge in [0.1, 0.15) is 12.6 Å². The molecule has 1 aliphatic heterocycles. The second-order valence-electron chi connectivity index (χ2n) is 6.10. The zero-order chi connectivity index (χ0) is 19.7. The van der Waals surface area contributed by atoms with Crippen LogP contribution in [-0.2, 0) is 29.1 Å². The van der Waals surface area contributed by atoms with E-state index in [0.29, 0.717) is 26.1 Å². The number of aliphatic carboxylic acids is 1. The van der Waals surface area contributed by atoms with Gasteiger partial charge in [0.05, 0.1) is 19.0 Å². The summed E-state index contributed by atoms with van der Waals surface area (Å²) in [5, 5.41) is 9.15. The molecule has 1 atom stereocenters. The molecule has 10 heteroatoms. The molecule has 9 nitrogen and oxygen atoms in total. The van der Waals surface area contributed by atoms with Crippen LogP contribution in [-0.4, -0.2) is 92.0 Å². The van der Waals surface area contributed by atoms with Crippen LogP contribution in [0, 0.1) is 0 Å². The van der Waals surface area contributed by atoms with Gasteiger partial charge < -0.3 is 19.5 Å². The van der Waals surface area contributed by atoms with Crippen molar-refractivity contribution in [1.82, 2.24) is 9.21 Å². The maximum Gasteiger partial charge on any atom is 0.323 e. The number of nitrogens with zero attached hydrogens (tertiary/aromatic N) is 2. The summed E-state index contributed by atoms with van der Waals surface area (Å²) in [5.74, 6) is -1.48. The summed E-state index contributed by atoms with van der Waals surface area (Å²) in [6.07, 6.45) is 0.0283. The lowest BCUT2D eigenvalue weighted by Gasteiger charge is -2.38. The highest BCUT2D eigenvalue weighted by Crippen LogP contribution is 2.20. The average molecular weight is 394 g/mol. The quantitative estimate of drug-likeness (QED) is 0.496. The van der Waals surface area contributed by atoms with Gasteiger partial charge in [-0.1, -0.05) is 0 Å². The first kappa shape index (κ1) is 22.8. The van der Waals surface area contributed by atoms with Crippen molar-refractivity contribution in [2.45, 2.75) is 45.8 Å². The van der Waals surface area contributed by atoms with E-state index in [1.54, 1.807) is 13.8 Å². The molecule has 0 bridgehead atoms. The summed E-state index contributed by atoms with van der Waals surface area (Å²) in [4.78, 5) is 25.1. The van der Waals surface area contributed by atoms with Crippen LogP contribution in [0.4, 0.5) is 0 Å². The second kappa shape index (κ2) is 10.8. The van der Waals surface area contributed by atoms with Crippen molar-refractivity contribution in [3.05, 3.63) is 0 Å². The van der Waals surface area contributed by atoms with Gasteiger partial charge in [-0.05, 0) is 33.6 Å². The Morgan fingerprint density at radius 3 is 2.35 bits per heavy atom. The van der Waals surface area contributed by atoms with Crippen molar-refractivity contribution in [2.24, 2.45) is 0 Å². The van der Waals surface area contributed by atoms with Crippen LogP contribution in [0.15, 0.2) is 0 Å². The van der Waals surface area contributed by atoms with Crippen molar-refractivity contribution in [3.63, 3.8) is 0 Å². The Morgan fingerprint density at radius 1 is 1.23 bits per heavy atom. The number of carbonyl (C=O) groups excluding carboxylic acids is 1. The first-order valence-corrected chi connectivity index (χ1v) is 10.5. The van der Waals surface area contributed by atoms with Gasteiger partial charge in [-0.15, -0.1) is 0 Å². The number of rotatable bonds is 11. The molecule has 0 aromatic rings. The lowest BCUT2D eigenvalue weighted by Crippen LogP contribution is -2.52. The van der Waals surface area contributed by atoms with Gasteiger partial charge in [-0.3, -0.25) is 9.59 Å². The topological polar surface area (TPSA) is 113 Å². The van der Waals surface area contributed by atoms with Gasteiger partial charge >= 0.3 is 5.97 Å². The van der Waals surface area contributed by atoms with E-state index in [1.165, 1.54) is 9.21 Å². The van der Waals surface area contributed by atoms with Gasteiger partial charge in [-0.25, -0.2) is 12.7 Å². The van der Waals surface area contributed by atoms with Gasteiger partial charge in [0.15, 0.2) is 0 Å². The van der Waals surface area contributed by atoms with Crippen molar-refractivity contribution >= 4 is 21.9 Å². The third-order valence-corrected chi connectivity index (χ3v) is 6.24. The van der Waals surface area contributed by atoms with E-state index in [2.05, 4.69) is 0 Å². The second-order valence-corrected chi connectivity index (χ2v) is 8.36. The highest BCUT2D eigenvalue weighted by molar-refractivity contribution is 7.89. The summed E-state index contributed by atoms with van der Waals surface area (Å²) >= 11 is 0. The minimum absolute atomic E-state index is 0.0279. The molecule has 0 spiro atoms. The van der Waals surface area contributed by atoms with Crippen molar-refractivity contribution in [3.8, 4) is 0 Å². The van der Waals surface area contributed by atoms with Crippen LogP contribution in [0.25, 0.3) is 0 Å². The van der Waals surface area contributed by atoms with E-state index >= 15 is 0 Å². The predicted octanol–water partition coefficient (Wildman–Crippen LogP) is 0.155. The molecule has 1 fully saturated rings. The molecule has 0 aromatic heterocycles. The number of carbonyl (C=O) groups is 2. The lowest BCUT2D eigenvalue weighted by molar-refractivity contribution is -0.153. The predicted molar refractivity (Wildman–Crippen MR) is 95.3 cm³/mol. The molecule has 1 heterocycles. The zero-order valence-corrected chi connectivity index (χ0v) is 16.5. The smallest absolute Gasteiger partial charge is 0.323 e. The van der Waals surface area contributed by atoms with Crippen molar-refractivity contribution < 1.29 is 32.6 Å². The van der Waals surface area contributed by atoms with E-state index in [1.807, 2.05) is 6.92 Å². The van der Waals surface area contributed by atoms with Crippen molar-refractivity contribution in [2.75, 3.05) is 45.2 Å². The Balaban J connectivity index is 2.69. The number of ether oxygens (including phenoxy) is 2. The molecule has 1 rings (SSSR count). The maximum absolute atomic E-state index is 12.6. The molecule has 1 saturated heterocycles. The molecule has 0 aliphatic carbocycles. The number of amides is 1. The molecule has 152 valence electrons. The minimum Gasteiger partial charge on any atom is -0.480 e. The van der Waals surface area contributed by atoms with Gasteiger partial charge in [-0.2, -0.15) is 0 Å². The number of sulfonamides is 1. The first-order chi connectivity index (χ1) is 12.2. The Labute approximate surface area is 155 Å². The minimum atomic E-state index is -3.27. The van der Waals surface area contributed by atoms with E-state index in [0.717, 1.165) is 0 Å². The maximum atomic E-state index is 12.6. The largest absolute Gasteiger partial charge is 0.480 e. The Hall–Kier alpha value is -1.23. The van der Waals surface area contributed by atoms with Crippen LogP contribution in [0.2, 0.25) is 0 Å². The average Bonchev–Trinajstić information content (AvgIpc) is 2.62. The van der Waals surface area contributed by atoms with E-state index < -0.39 is 34.5 Å². The molecule has 1 amide bonds. The number of hydrogen-bond donors (Lipinski definition) is 1. The first-order valence-electron chi connectivity index (χ1n) is 8.92. The highest BCUT2D eigenvalue weighted by atomic mass is 32.2. The number of carboxylic acid groups (broad SMARTS) is 1. The van der Waals surface area contributed by atoms with E-state index in [-0.39, 0.29) is 31.5 Å². The van der Waals surface area contributed by atoms with Crippen LogP contribution < -0.4 is 0 Å². The van der Waals surface area contributed by atoms with E-state index in [9.17, 15) is 18.0 Å². The third kappa shape index (κ3) is 6.82. The molecular formula is C16H30N2O7S. The summed E-state index contributed by atoms with van der Waals surface area (Å²) in [6.45, 7) is 6.32. The fourth-order valence-corrected chi connectivity index (χ4v) is 4.01. The Bertz CT molecular complexity index is 559. The van der Waals surface area contributed by atoms with Crippen LogP contribution in [0.5, 0.6) is 0 Å². The summed E-state index contributed by atoms with van der Waals surface area (Å²) < 4.78 is 35.9. The highest BCUT2D eigenvalue weighted by Gasteiger charge is 2.34. The fourth-order valence-electron chi connectivity index (χ4n) is 2.88. The van der Waals surface area contributed by atoms with Gasteiger partial charge in [0.25, 0.3) is 5.91 Å². The molecule has 1 N–H and O–H groups in total. The number of carboxylic acids is 1. The summed E-state index contributed by atoms with van der Waals surface area (Å²) in [7, 11) is -3.27. The van der Waals surface area contributed by atoms with Crippen LogP contribution in [0.1, 0.15) is 33.6 Å². The van der Waals surface area contributed by atoms with Crippen LogP contribution >= 0.6 is 0 Å². The number of piperidine rings is 1. The lowest BCUT2D eigenvalue weighted by atomic mass is 10.0. The van der Waals surface area contributed by atoms with Crippen LogP contribution in [0.3, 0.4) is 0 Å². The summed E-state index contributed by atoms with van der Waals surface area (Å²) in [5.41, 5.74) is 0. The van der Waals surface area contributed by atoms with E-state index in [4.69, 9.17) is 14.6 Å². The fraction of sp³-hybridized carbons (Fsp3) is 0.875.